The lowest BCUT2D eigenvalue weighted by Crippen LogP contribution is -2.29. The highest BCUT2D eigenvalue weighted by Crippen LogP contribution is 2.28. The van der Waals surface area contributed by atoms with Crippen LogP contribution in [-0.2, 0) is 25.7 Å². The molecule has 0 spiro atoms. The molecule has 0 fully saturated rings. The summed E-state index contributed by atoms with van der Waals surface area (Å²) in [6, 6.07) is 4.07. The van der Waals surface area contributed by atoms with Gasteiger partial charge in [-0.15, -0.1) is 0 Å². The highest BCUT2D eigenvalue weighted by molar-refractivity contribution is 5.45. The molecular formula is C27H36N4O3. The van der Waals surface area contributed by atoms with Gasteiger partial charge in [0.05, 0.1) is 25.2 Å². The molecule has 0 radical (unpaired) electrons. The Morgan fingerprint density at radius 3 is 2.12 bits per heavy atom. The van der Waals surface area contributed by atoms with E-state index >= 15 is 0 Å². The fourth-order valence-corrected chi connectivity index (χ4v) is 4.27. The van der Waals surface area contributed by atoms with Gasteiger partial charge in [0, 0.05) is 12.0 Å². The van der Waals surface area contributed by atoms with E-state index in [0.29, 0.717) is 29.3 Å². The lowest BCUT2D eigenvalue weighted by atomic mass is 9.94. The summed E-state index contributed by atoms with van der Waals surface area (Å²) in [5.74, 6) is 1.76. The van der Waals surface area contributed by atoms with Crippen LogP contribution in [0.3, 0.4) is 0 Å². The summed E-state index contributed by atoms with van der Waals surface area (Å²) in [5.41, 5.74) is 4.25. The predicted octanol–water partition coefficient (Wildman–Crippen LogP) is 4.88. The molecule has 1 N–H and O–H groups in total. The van der Waals surface area contributed by atoms with Gasteiger partial charge in [-0.2, -0.15) is 0 Å². The minimum Gasteiger partial charge on any atom is -0.507 e. The van der Waals surface area contributed by atoms with Crippen LogP contribution in [0.4, 0.5) is 0 Å². The van der Waals surface area contributed by atoms with Crippen LogP contribution in [0.1, 0.15) is 80.2 Å². The van der Waals surface area contributed by atoms with Crippen LogP contribution in [0.2, 0.25) is 0 Å². The van der Waals surface area contributed by atoms with E-state index in [4.69, 9.17) is 9.72 Å². The van der Waals surface area contributed by atoms with Gasteiger partial charge in [-0.1, -0.05) is 52.2 Å². The van der Waals surface area contributed by atoms with E-state index < -0.39 is 0 Å². The number of hydrogen-bond donors (Lipinski definition) is 1. The second-order valence-electron chi connectivity index (χ2n) is 8.69. The van der Waals surface area contributed by atoms with Crippen molar-refractivity contribution in [2.75, 3.05) is 7.11 Å². The van der Waals surface area contributed by atoms with E-state index in [1.54, 1.807) is 19.5 Å². The number of nitrogens with zero attached hydrogens (tertiary/aromatic N) is 4. The highest BCUT2D eigenvalue weighted by atomic mass is 16.5. The molecule has 0 atom stereocenters. The van der Waals surface area contributed by atoms with Gasteiger partial charge in [-0.05, 0) is 49.3 Å². The first-order valence-electron chi connectivity index (χ1n) is 12.2. The highest BCUT2D eigenvalue weighted by Gasteiger charge is 2.19. The average Bonchev–Trinajstić information content (AvgIpc) is 2.83. The molecule has 0 amide bonds. The van der Waals surface area contributed by atoms with Gasteiger partial charge in [0.25, 0.3) is 5.56 Å². The Bertz CT molecular complexity index is 1140. The maximum absolute atomic E-state index is 13.8. The van der Waals surface area contributed by atoms with Gasteiger partial charge in [0.15, 0.2) is 5.75 Å². The number of aromatic hydroxyl groups is 1. The standard InChI is InChI=1S/C27H36N4O3/c1-6-9-12-24-23(15-19-13-20(10-7-2)25(32)21(14-19)11-8-3)26(33)31(18(4)30-24)27-28-16-22(34-5)17-29-27/h13-14,16-17,32H,6-12,15H2,1-5H3. The molecule has 3 aromatic rings. The minimum absolute atomic E-state index is 0.147. The van der Waals surface area contributed by atoms with Gasteiger partial charge in [0.2, 0.25) is 5.95 Å². The summed E-state index contributed by atoms with van der Waals surface area (Å²) in [6.07, 6.45) is 9.76. The van der Waals surface area contributed by atoms with Crippen molar-refractivity contribution in [2.24, 2.45) is 0 Å². The van der Waals surface area contributed by atoms with Crippen molar-refractivity contribution in [3.8, 4) is 17.4 Å². The molecule has 0 aliphatic carbocycles. The summed E-state index contributed by atoms with van der Waals surface area (Å²) in [5, 5.41) is 10.7. The Kier molecular flexibility index (Phi) is 8.79. The van der Waals surface area contributed by atoms with E-state index in [2.05, 4.69) is 30.7 Å². The van der Waals surface area contributed by atoms with Crippen molar-refractivity contribution in [1.82, 2.24) is 19.5 Å². The Morgan fingerprint density at radius 1 is 0.971 bits per heavy atom. The zero-order valence-corrected chi connectivity index (χ0v) is 21.0. The second-order valence-corrected chi connectivity index (χ2v) is 8.69. The first-order valence-corrected chi connectivity index (χ1v) is 12.2. The third-order valence-corrected chi connectivity index (χ3v) is 5.99. The monoisotopic (exact) mass is 464 g/mol. The van der Waals surface area contributed by atoms with Crippen molar-refractivity contribution in [3.63, 3.8) is 0 Å². The average molecular weight is 465 g/mol. The molecular weight excluding hydrogens is 428 g/mol. The smallest absolute Gasteiger partial charge is 0.264 e. The zero-order chi connectivity index (χ0) is 24.7. The summed E-state index contributed by atoms with van der Waals surface area (Å²) in [7, 11) is 1.55. The zero-order valence-electron chi connectivity index (χ0n) is 21.0. The third kappa shape index (κ3) is 5.64. The number of hydrogen-bond acceptors (Lipinski definition) is 6. The maximum atomic E-state index is 13.8. The first-order chi connectivity index (χ1) is 16.4. The van der Waals surface area contributed by atoms with Crippen molar-refractivity contribution in [1.29, 1.82) is 0 Å². The lowest BCUT2D eigenvalue weighted by Gasteiger charge is -2.16. The van der Waals surface area contributed by atoms with Gasteiger partial charge >= 0.3 is 0 Å². The molecule has 0 aliphatic rings. The van der Waals surface area contributed by atoms with Crippen LogP contribution < -0.4 is 10.3 Å². The Labute approximate surface area is 201 Å². The first kappa shape index (κ1) is 25.4. The molecule has 7 nitrogen and oxygen atoms in total. The van der Waals surface area contributed by atoms with Crippen molar-refractivity contribution in [2.45, 2.75) is 79.1 Å². The quantitative estimate of drug-likeness (QED) is 0.435. The summed E-state index contributed by atoms with van der Waals surface area (Å²) in [4.78, 5) is 27.3. The fraction of sp³-hybridized carbons (Fsp3) is 0.481. The van der Waals surface area contributed by atoms with Crippen molar-refractivity contribution in [3.05, 3.63) is 68.7 Å². The molecule has 2 aromatic heterocycles. The van der Waals surface area contributed by atoms with Crippen molar-refractivity contribution >= 4 is 0 Å². The third-order valence-electron chi connectivity index (χ3n) is 5.99. The number of unbranched alkanes of at least 4 members (excludes halogenated alkanes) is 1. The van der Waals surface area contributed by atoms with Gasteiger partial charge in [-0.25, -0.2) is 19.5 Å². The number of rotatable bonds is 11. The molecule has 7 heteroatoms. The molecule has 0 saturated carbocycles. The van der Waals surface area contributed by atoms with E-state index in [-0.39, 0.29) is 11.5 Å². The van der Waals surface area contributed by atoms with E-state index in [0.717, 1.165) is 67.3 Å². The maximum Gasteiger partial charge on any atom is 0.264 e. The molecule has 3 rings (SSSR count). The molecule has 34 heavy (non-hydrogen) atoms. The van der Waals surface area contributed by atoms with Crippen LogP contribution >= 0.6 is 0 Å². The van der Waals surface area contributed by atoms with Crippen LogP contribution in [0.25, 0.3) is 5.95 Å². The molecule has 0 bridgehead atoms. The van der Waals surface area contributed by atoms with Crippen LogP contribution in [0, 0.1) is 6.92 Å². The van der Waals surface area contributed by atoms with E-state index in [1.807, 2.05) is 19.1 Å². The molecule has 1 aromatic carbocycles. The lowest BCUT2D eigenvalue weighted by molar-refractivity contribution is 0.410. The van der Waals surface area contributed by atoms with E-state index in [9.17, 15) is 9.90 Å². The number of ether oxygens (including phenoxy) is 1. The number of aryl methyl sites for hydroxylation is 4. The van der Waals surface area contributed by atoms with Gasteiger partial charge in [-0.3, -0.25) is 4.79 Å². The fourth-order valence-electron chi connectivity index (χ4n) is 4.27. The number of methoxy groups -OCH3 is 1. The molecule has 182 valence electrons. The van der Waals surface area contributed by atoms with Crippen LogP contribution in [-0.4, -0.2) is 31.7 Å². The Morgan fingerprint density at radius 2 is 1.59 bits per heavy atom. The normalized spacial score (nSPS) is 11.1. The minimum atomic E-state index is -0.147. The van der Waals surface area contributed by atoms with Crippen LogP contribution in [0.15, 0.2) is 29.3 Å². The molecule has 2 heterocycles. The SMILES string of the molecule is CCCCc1nc(C)n(-c2ncc(OC)cn2)c(=O)c1Cc1cc(CCC)c(O)c(CCC)c1. The van der Waals surface area contributed by atoms with Crippen LogP contribution in [0.5, 0.6) is 11.5 Å². The van der Waals surface area contributed by atoms with Gasteiger partial charge < -0.3 is 9.84 Å². The summed E-state index contributed by atoms with van der Waals surface area (Å²) < 4.78 is 6.63. The number of phenols is 1. The predicted molar refractivity (Wildman–Crippen MR) is 134 cm³/mol. The molecule has 0 aliphatic heterocycles. The molecule has 0 saturated heterocycles. The van der Waals surface area contributed by atoms with E-state index in [1.165, 1.54) is 4.57 Å². The summed E-state index contributed by atoms with van der Waals surface area (Å²) >= 11 is 0. The Balaban J connectivity index is 2.14. The molecule has 0 unspecified atom stereocenters. The number of aromatic nitrogens is 4. The topological polar surface area (TPSA) is 90.1 Å². The van der Waals surface area contributed by atoms with Gasteiger partial charge in [0.1, 0.15) is 11.6 Å². The summed E-state index contributed by atoms with van der Waals surface area (Å²) in [6.45, 7) is 8.15. The Hall–Kier alpha value is -3.22. The largest absolute Gasteiger partial charge is 0.507 e. The van der Waals surface area contributed by atoms with Crippen molar-refractivity contribution < 1.29 is 9.84 Å². The number of benzene rings is 1. The number of phenolic OH excluding ortho intramolecular Hbond substituents is 1. The second kappa shape index (κ2) is 11.8.